The lowest BCUT2D eigenvalue weighted by atomic mass is 10.3. The molecule has 0 aromatic heterocycles. The van der Waals surface area contributed by atoms with Crippen molar-refractivity contribution in [1.29, 1.82) is 5.41 Å². The van der Waals surface area contributed by atoms with Crippen LogP contribution in [0.5, 0.6) is 0 Å². The van der Waals surface area contributed by atoms with E-state index in [-0.39, 0.29) is 12.6 Å². The number of nitrogens with zero attached hydrogens (tertiary/aromatic N) is 1. The summed E-state index contributed by atoms with van der Waals surface area (Å²) in [6.45, 7) is 1.01. The van der Waals surface area contributed by atoms with Gasteiger partial charge in [0.1, 0.15) is 0 Å². The number of carbonyl (C=O) groups excluding carboxylic acids is 1. The Hall–Kier alpha value is -1.10. The second-order valence-corrected chi connectivity index (χ2v) is 3.24. The third-order valence-electron chi connectivity index (χ3n) is 2.33. The number of carbonyl (C=O) groups is 1. The molecule has 1 N–H and O–H groups in total. The monoisotopic (exact) mass is 200 g/mol. The summed E-state index contributed by atoms with van der Waals surface area (Å²) < 4.78 is 9.62. The zero-order valence-electron chi connectivity index (χ0n) is 8.58. The molecule has 1 unspecified atom stereocenters. The molecule has 0 saturated carbocycles. The first-order chi connectivity index (χ1) is 6.70. The van der Waals surface area contributed by atoms with E-state index in [0.29, 0.717) is 5.84 Å². The van der Waals surface area contributed by atoms with E-state index in [1.165, 1.54) is 14.2 Å². The molecule has 1 rings (SSSR count). The van der Waals surface area contributed by atoms with Crippen molar-refractivity contribution in [2.45, 2.75) is 18.9 Å². The molecule has 1 fully saturated rings. The molecule has 14 heavy (non-hydrogen) atoms. The molecule has 1 heterocycles. The molecule has 1 aliphatic heterocycles. The number of esters is 1. The first-order valence-corrected chi connectivity index (χ1v) is 4.61. The van der Waals surface area contributed by atoms with E-state index >= 15 is 0 Å². The quantitative estimate of drug-likeness (QED) is 0.661. The van der Waals surface area contributed by atoms with E-state index in [1.807, 2.05) is 0 Å². The summed E-state index contributed by atoms with van der Waals surface area (Å²) in [5.74, 6) is 0.163. The molecule has 0 aliphatic carbocycles. The van der Waals surface area contributed by atoms with Gasteiger partial charge in [0.25, 0.3) is 0 Å². The average Bonchev–Trinajstić information content (AvgIpc) is 2.60. The second kappa shape index (κ2) is 4.95. The number of likely N-dealkylation sites (tertiary alicyclic amines) is 1. The molecule has 0 amide bonds. The Labute approximate surface area is 83.5 Å². The fourth-order valence-electron chi connectivity index (χ4n) is 1.62. The van der Waals surface area contributed by atoms with Crippen molar-refractivity contribution in [3.05, 3.63) is 0 Å². The highest BCUT2D eigenvalue weighted by atomic mass is 16.5. The zero-order chi connectivity index (χ0) is 10.6. The van der Waals surface area contributed by atoms with Crippen LogP contribution in [-0.4, -0.2) is 50.1 Å². The Morgan fingerprint density at radius 2 is 2.36 bits per heavy atom. The third kappa shape index (κ3) is 2.23. The first-order valence-electron chi connectivity index (χ1n) is 4.61. The van der Waals surface area contributed by atoms with Gasteiger partial charge in [-0.25, -0.2) is 4.79 Å². The van der Waals surface area contributed by atoms with Gasteiger partial charge in [0.05, 0.1) is 19.6 Å². The maximum Gasteiger partial charge on any atom is 0.330 e. The van der Waals surface area contributed by atoms with E-state index in [2.05, 4.69) is 4.74 Å². The summed E-state index contributed by atoms with van der Waals surface area (Å²) >= 11 is 0. The SMILES string of the molecule is COCC(C(=O)OC)N1CCCC1=N. The predicted octanol–water partition coefficient (Wildman–Crippen LogP) is 0.247. The van der Waals surface area contributed by atoms with Gasteiger partial charge in [-0.3, -0.25) is 5.41 Å². The van der Waals surface area contributed by atoms with Crippen LogP contribution >= 0.6 is 0 Å². The molecule has 5 nitrogen and oxygen atoms in total. The van der Waals surface area contributed by atoms with E-state index in [1.54, 1.807) is 4.90 Å². The maximum atomic E-state index is 11.4. The van der Waals surface area contributed by atoms with Gasteiger partial charge in [-0.2, -0.15) is 0 Å². The second-order valence-electron chi connectivity index (χ2n) is 3.24. The Kier molecular flexibility index (Phi) is 3.88. The fraction of sp³-hybridized carbons (Fsp3) is 0.778. The van der Waals surface area contributed by atoms with E-state index in [9.17, 15) is 4.79 Å². The van der Waals surface area contributed by atoms with Crippen molar-refractivity contribution in [3.8, 4) is 0 Å². The minimum absolute atomic E-state index is 0.273. The van der Waals surface area contributed by atoms with Crippen molar-refractivity contribution in [1.82, 2.24) is 4.90 Å². The van der Waals surface area contributed by atoms with Crippen LogP contribution in [0.2, 0.25) is 0 Å². The van der Waals surface area contributed by atoms with E-state index in [0.717, 1.165) is 19.4 Å². The number of hydrogen-bond donors (Lipinski definition) is 1. The molecule has 0 aromatic carbocycles. The fourth-order valence-corrected chi connectivity index (χ4v) is 1.62. The molecule has 80 valence electrons. The molecule has 0 aromatic rings. The van der Waals surface area contributed by atoms with Crippen molar-refractivity contribution >= 4 is 11.8 Å². The van der Waals surface area contributed by atoms with Crippen molar-refractivity contribution in [2.75, 3.05) is 27.4 Å². The van der Waals surface area contributed by atoms with Crippen LogP contribution < -0.4 is 0 Å². The summed E-state index contributed by atoms with van der Waals surface area (Å²) in [5.41, 5.74) is 0. The Balaban J connectivity index is 2.65. The minimum Gasteiger partial charge on any atom is -0.467 e. The summed E-state index contributed by atoms with van der Waals surface area (Å²) in [7, 11) is 2.89. The number of nitrogens with one attached hydrogen (secondary N) is 1. The van der Waals surface area contributed by atoms with Crippen LogP contribution in [-0.2, 0) is 14.3 Å². The van der Waals surface area contributed by atoms with Gasteiger partial charge in [-0.15, -0.1) is 0 Å². The van der Waals surface area contributed by atoms with Gasteiger partial charge in [0, 0.05) is 20.1 Å². The van der Waals surface area contributed by atoms with Crippen molar-refractivity contribution in [2.24, 2.45) is 0 Å². The lowest BCUT2D eigenvalue weighted by molar-refractivity contribution is -0.147. The molecule has 0 bridgehead atoms. The highest BCUT2D eigenvalue weighted by Crippen LogP contribution is 2.15. The molecule has 1 atom stereocenters. The highest BCUT2D eigenvalue weighted by molar-refractivity contribution is 5.87. The van der Waals surface area contributed by atoms with Gasteiger partial charge in [0.2, 0.25) is 0 Å². The van der Waals surface area contributed by atoms with Gasteiger partial charge < -0.3 is 14.4 Å². The number of ether oxygens (including phenoxy) is 2. The largest absolute Gasteiger partial charge is 0.467 e. The Morgan fingerprint density at radius 3 is 2.79 bits per heavy atom. The summed E-state index contributed by atoms with van der Waals surface area (Å²) in [5, 5.41) is 7.65. The van der Waals surface area contributed by atoms with Crippen LogP contribution in [0, 0.1) is 5.41 Å². The van der Waals surface area contributed by atoms with Crippen LogP contribution in [0.4, 0.5) is 0 Å². The third-order valence-corrected chi connectivity index (χ3v) is 2.33. The smallest absolute Gasteiger partial charge is 0.330 e. The lowest BCUT2D eigenvalue weighted by Crippen LogP contribution is -2.45. The van der Waals surface area contributed by atoms with Crippen LogP contribution in [0.25, 0.3) is 0 Å². The van der Waals surface area contributed by atoms with Gasteiger partial charge in [-0.05, 0) is 6.42 Å². The number of rotatable bonds is 4. The lowest BCUT2D eigenvalue weighted by Gasteiger charge is -2.26. The molecule has 0 radical (unpaired) electrons. The van der Waals surface area contributed by atoms with Crippen molar-refractivity contribution in [3.63, 3.8) is 0 Å². The highest BCUT2D eigenvalue weighted by Gasteiger charge is 2.31. The number of methoxy groups -OCH3 is 2. The molecule has 1 saturated heterocycles. The summed E-state index contributed by atoms with van der Waals surface area (Å²) in [4.78, 5) is 13.1. The standard InChI is InChI=1S/C9H16N2O3/c1-13-6-7(9(12)14-2)11-5-3-4-8(11)10/h7,10H,3-6H2,1-2H3. The molecule has 1 aliphatic rings. The molecule has 0 spiro atoms. The van der Waals surface area contributed by atoms with Gasteiger partial charge in [-0.1, -0.05) is 0 Å². The molecular weight excluding hydrogens is 184 g/mol. The topological polar surface area (TPSA) is 62.6 Å². The molecule has 5 heteroatoms. The van der Waals surface area contributed by atoms with E-state index in [4.69, 9.17) is 10.1 Å². The van der Waals surface area contributed by atoms with E-state index < -0.39 is 6.04 Å². The Bertz CT molecular complexity index is 230. The van der Waals surface area contributed by atoms with Crippen LogP contribution in [0.1, 0.15) is 12.8 Å². The predicted molar refractivity (Wildman–Crippen MR) is 51.3 cm³/mol. The number of hydrogen-bond acceptors (Lipinski definition) is 4. The normalized spacial score (nSPS) is 18.4. The van der Waals surface area contributed by atoms with Gasteiger partial charge in [0.15, 0.2) is 6.04 Å². The van der Waals surface area contributed by atoms with Crippen LogP contribution in [0.15, 0.2) is 0 Å². The zero-order valence-corrected chi connectivity index (χ0v) is 8.58. The maximum absolute atomic E-state index is 11.4. The first kappa shape index (κ1) is 11.0. The van der Waals surface area contributed by atoms with Crippen molar-refractivity contribution < 1.29 is 14.3 Å². The molecular formula is C9H16N2O3. The summed E-state index contributed by atoms with van der Waals surface area (Å²) in [6, 6.07) is -0.458. The summed E-state index contributed by atoms with van der Waals surface area (Å²) in [6.07, 6.45) is 1.66. The van der Waals surface area contributed by atoms with Gasteiger partial charge >= 0.3 is 5.97 Å². The number of amidine groups is 1. The van der Waals surface area contributed by atoms with Crippen LogP contribution in [0.3, 0.4) is 0 Å². The minimum atomic E-state index is -0.458. The Morgan fingerprint density at radius 1 is 1.64 bits per heavy atom. The average molecular weight is 200 g/mol.